The third-order valence-electron chi connectivity index (χ3n) is 3.81. The number of rotatable bonds is 2. The summed E-state index contributed by atoms with van der Waals surface area (Å²) in [5.41, 5.74) is 0.0431. The van der Waals surface area contributed by atoms with Gasteiger partial charge in [0.15, 0.2) is 0 Å². The van der Waals surface area contributed by atoms with Crippen LogP contribution in [0, 0.1) is 5.41 Å². The van der Waals surface area contributed by atoms with E-state index in [2.05, 4.69) is 31.9 Å². The third-order valence-corrected chi connectivity index (χ3v) is 6.05. The summed E-state index contributed by atoms with van der Waals surface area (Å²) in [6, 6.07) is -0.578. The van der Waals surface area contributed by atoms with E-state index < -0.39 is 19.1 Å². The highest BCUT2D eigenvalue weighted by molar-refractivity contribution is 9.25. The van der Waals surface area contributed by atoms with Crippen molar-refractivity contribution in [2.75, 3.05) is 6.54 Å². The smallest absolute Gasteiger partial charge is 0.377 e. The van der Waals surface area contributed by atoms with E-state index in [9.17, 15) is 14.9 Å². The third kappa shape index (κ3) is 1.96. The monoisotopic (exact) mass is 353 g/mol. The van der Waals surface area contributed by atoms with Crippen molar-refractivity contribution in [1.29, 1.82) is 0 Å². The summed E-state index contributed by atoms with van der Waals surface area (Å²) in [6.45, 7) is 2.25. The number of aliphatic carboxylic acids is 1. The fraction of sp³-hybridized carbons (Fsp3) is 0.889. The molecule has 1 unspecified atom stereocenters. The van der Waals surface area contributed by atoms with Gasteiger partial charge in [-0.2, -0.15) is 0 Å². The number of nitrogens with zero attached hydrogens (tertiary/aromatic N) is 1. The molecular formula is C9H14BBr2NO3. The van der Waals surface area contributed by atoms with Crippen molar-refractivity contribution < 1.29 is 14.9 Å². The lowest BCUT2D eigenvalue weighted by atomic mass is 9.76. The zero-order chi connectivity index (χ0) is 12.1. The Labute approximate surface area is 112 Å². The zero-order valence-corrected chi connectivity index (χ0v) is 12.2. The van der Waals surface area contributed by atoms with Crippen LogP contribution in [0.1, 0.15) is 19.3 Å². The van der Waals surface area contributed by atoms with Crippen molar-refractivity contribution in [3.05, 3.63) is 0 Å². The van der Waals surface area contributed by atoms with Gasteiger partial charge in [-0.25, -0.2) is 0 Å². The summed E-state index contributed by atoms with van der Waals surface area (Å²) in [7, 11) is -0.697. The minimum atomic E-state index is -0.845. The van der Waals surface area contributed by atoms with Crippen LogP contribution in [-0.2, 0) is 4.79 Å². The standard InChI is InChI=1S/C9H14BBr2NO3/c1-10(16)13-3-2-8(5-9(8,11)12)4-6(13)7(14)15/h6,16H,2-5H2,1H3,(H,14,15)/t6-,8?/m1/s1. The lowest BCUT2D eigenvalue weighted by molar-refractivity contribution is -0.143. The first kappa shape index (κ1) is 12.9. The molecule has 1 saturated heterocycles. The molecule has 1 aliphatic heterocycles. The fourth-order valence-electron chi connectivity index (χ4n) is 2.64. The maximum Gasteiger partial charge on any atom is 0.377 e. The molecule has 1 saturated carbocycles. The molecule has 2 fully saturated rings. The van der Waals surface area contributed by atoms with E-state index in [1.807, 2.05) is 0 Å². The van der Waals surface area contributed by atoms with E-state index in [1.165, 1.54) is 0 Å². The lowest BCUT2D eigenvalue weighted by Gasteiger charge is -2.39. The second kappa shape index (κ2) is 3.97. The largest absolute Gasteiger partial charge is 0.480 e. The lowest BCUT2D eigenvalue weighted by Crippen LogP contribution is -2.54. The molecule has 4 nitrogen and oxygen atoms in total. The Hall–Kier alpha value is 0.415. The van der Waals surface area contributed by atoms with Crippen LogP contribution in [0.2, 0.25) is 6.82 Å². The van der Waals surface area contributed by atoms with Crippen molar-refractivity contribution in [3.8, 4) is 0 Å². The normalized spacial score (nSPS) is 37.4. The molecule has 1 heterocycles. The molecule has 0 amide bonds. The molecule has 2 atom stereocenters. The molecule has 0 bridgehead atoms. The van der Waals surface area contributed by atoms with Crippen molar-refractivity contribution in [3.63, 3.8) is 0 Å². The molecule has 16 heavy (non-hydrogen) atoms. The Morgan fingerprint density at radius 3 is 2.50 bits per heavy atom. The number of carboxylic acids is 1. The molecular weight excluding hydrogens is 341 g/mol. The summed E-state index contributed by atoms with van der Waals surface area (Å²) in [6.07, 6.45) is 2.46. The first-order chi connectivity index (χ1) is 7.29. The first-order valence-electron chi connectivity index (χ1n) is 5.34. The van der Waals surface area contributed by atoms with Gasteiger partial charge in [0, 0.05) is 5.41 Å². The zero-order valence-electron chi connectivity index (χ0n) is 8.99. The highest BCUT2D eigenvalue weighted by atomic mass is 79.9. The van der Waals surface area contributed by atoms with Gasteiger partial charge < -0.3 is 14.9 Å². The van der Waals surface area contributed by atoms with E-state index in [0.717, 1.165) is 12.8 Å². The number of carboxylic acid groups (broad SMARTS) is 1. The van der Waals surface area contributed by atoms with E-state index in [-0.39, 0.29) is 8.65 Å². The Morgan fingerprint density at radius 1 is 1.56 bits per heavy atom. The van der Waals surface area contributed by atoms with Crippen LogP contribution in [0.25, 0.3) is 0 Å². The molecule has 0 aromatic rings. The van der Waals surface area contributed by atoms with Crippen LogP contribution < -0.4 is 0 Å². The molecule has 2 aliphatic rings. The van der Waals surface area contributed by atoms with Gasteiger partial charge >= 0.3 is 13.0 Å². The summed E-state index contributed by atoms with van der Waals surface area (Å²) in [5, 5.41) is 18.8. The van der Waals surface area contributed by atoms with Crippen molar-refractivity contribution >= 4 is 44.9 Å². The van der Waals surface area contributed by atoms with Crippen LogP contribution in [0.15, 0.2) is 0 Å². The molecule has 0 radical (unpaired) electrons. The number of carbonyl (C=O) groups is 1. The molecule has 0 aromatic heterocycles. The van der Waals surface area contributed by atoms with Gasteiger partial charge in [0.25, 0.3) is 0 Å². The van der Waals surface area contributed by atoms with E-state index in [1.54, 1.807) is 11.6 Å². The van der Waals surface area contributed by atoms with Gasteiger partial charge in [-0.3, -0.25) is 4.79 Å². The Kier molecular flexibility index (Phi) is 3.19. The van der Waals surface area contributed by atoms with Crippen LogP contribution in [0.5, 0.6) is 0 Å². The first-order valence-corrected chi connectivity index (χ1v) is 6.92. The molecule has 2 rings (SSSR count). The molecule has 2 N–H and O–H groups in total. The molecule has 7 heteroatoms. The van der Waals surface area contributed by atoms with Gasteiger partial charge in [0.05, 0.1) is 3.23 Å². The number of alkyl halides is 2. The summed E-state index contributed by atoms with van der Waals surface area (Å²) in [4.78, 5) is 12.9. The fourth-order valence-corrected chi connectivity index (χ4v) is 4.43. The number of halogens is 2. The molecule has 1 aliphatic carbocycles. The highest BCUT2D eigenvalue weighted by Gasteiger charge is 2.67. The minimum absolute atomic E-state index is 0.0431. The molecule has 1 spiro atoms. The predicted molar refractivity (Wildman–Crippen MR) is 68.8 cm³/mol. The summed E-state index contributed by atoms with van der Waals surface area (Å²) in [5.74, 6) is -0.845. The van der Waals surface area contributed by atoms with Crippen LogP contribution in [-0.4, -0.2) is 43.8 Å². The summed E-state index contributed by atoms with van der Waals surface area (Å²) < 4.78 is -0.0918. The minimum Gasteiger partial charge on any atom is -0.480 e. The van der Waals surface area contributed by atoms with Crippen molar-refractivity contribution in [2.24, 2.45) is 5.41 Å². The number of hydrogen-bond acceptors (Lipinski definition) is 3. The van der Waals surface area contributed by atoms with Gasteiger partial charge in [-0.15, -0.1) is 0 Å². The second-order valence-electron chi connectivity index (χ2n) is 4.84. The van der Waals surface area contributed by atoms with E-state index in [4.69, 9.17) is 0 Å². The van der Waals surface area contributed by atoms with Crippen molar-refractivity contribution in [2.45, 2.75) is 35.4 Å². The SMILES string of the molecule is CB(O)N1CCC2(C[C@@H]1C(=O)O)CC2(Br)Br. The van der Waals surface area contributed by atoms with Crippen LogP contribution in [0.3, 0.4) is 0 Å². The molecule has 90 valence electrons. The van der Waals surface area contributed by atoms with E-state index >= 15 is 0 Å². The quantitative estimate of drug-likeness (QED) is 0.583. The van der Waals surface area contributed by atoms with Crippen LogP contribution in [0.4, 0.5) is 0 Å². The average Bonchev–Trinajstić information content (AvgIpc) is 2.66. The Morgan fingerprint density at radius 2 is 2.12 bits per heavy atom. The van der Waals surface area contributed by atoms with Gasteiger partial charge in [-0.1, -0.05) is 31.9 Å². The van der Waals surface area contributed by atoms with Gasteiger partial charge in [0.1, 0.15) is 6.04 Å². The predicted octanol–water partition coefficient (Wildman–Crippen LogP) is 1.52. The summed E-state index contributed by atoms with van der Waals surface area (Å²) >= 11 is 7.16. The maximum absolute atomic E-state index is 11.2. The Bertz CT molecular complexity index is 326. The van der Waals surface area contributed by atoms with Crippen molar-refractivity contribution in [1.82, 2.24) is 4.81 Å². The molecule has 0 aromatic carbocycles. The number of piperidine rings is 1. The highest BCUT2D eigenvalue weighted by Crippen LogP contribution is 2.71. The van der Waals surface area contributed by atoms with E-state index in [0.29, 0.717) is 13.0 Å². The maximum atomic E-state index is 11.2. The number of hydrogen-bond donors (Lipinski definition) is 2. The topological polar surface area (TPSA) is 60.8 Å². The Balaban J connectivity index is 2.14. The second-order valence-corrected chi connectivity index (χ2v) is 8.61. The van der Waals surface area contributed by atoms with Gasteiger partial charge in [0.2, 0.25) is 0 Å². The average molecular weight is 355 g/mol. The van der Waals surface area contributed by atoms with Crippen LogP contribution >= 0.6 is 31.9 Å². The van der Waals surface area contributed by atoms with Gasteiger partial charge in [-0.05, 0) is 32.6 Å².